The van der Waals surface area contributed by atoms with Crippen LogP contribution in [0.4, 0.5) is 5.69 Å². The van der Waals surface area contributed by atoms with Crippen LogP contribution < -0.4 is 14.8 Å². The summed E-state index contributed by atoms with van der Waals surface area (Å²) in [5.41, 5.74) is 5.45. The number of para-hydroxylation sites is 1. The van der Waals surface area contributed by atoms with Crippen LogP contribution in [0.5, 0.6) is 11.5 Å². The SMILES string of the molecule is COc1ccc(-c2nc(SC(C)C(=O)Nc3ccccc3C)[nH]c2-c2ccc(OC)cc2)cc1. The molecule has 1 unspecified atom stereocenters. The lowest BCUT2D eigenvalue weighted by Crippen LogP contribution is -2.22. The lowest BCUT2D eigenvalue weighted by molar-refractivity contribution is -0.115. The third-order valence-corrected chi connectivity index (χ3v) is 6.47. The molecule has 4 aromatic rings. The lowest BCUT2D eigenvalue weighted by Gasteiger charge is -2.12. The predicted molar refractivity (Wildman–Crippen MR) is 138 cm³/mol. The summed E-state index contributed by atoms with van der Waals surface area (Å²) in [6, 6.07) is 23.3. The number of aromatic amines is 1. The largest absolute Gasteiger partial charge is 0.497 e. The highest BCUT2D eigenvalue weighted by molar-refractivity contribution is 8.00. The average Bonchev–Trinajstić information content (AvgIpc) is 3.29. The number of thioether (sulfide) groups is 1. The maximum absolute atomic E-state index is 12.8. The normalized spacial score (nSPS) is 11.6. The Bertz CT molecular complexity index is 1200. The van der Waals surface area contributed by atoms with E-state index in [9.17, 15) is 4.79 Å². The molecule has 7 heteroatoms. The Kier molecular flexibility index (Phi) is 7.23. The van der Waals surface area contributed by atoms with Crippen LogP contribution in [0.15, 0.2) is 78.0 Å². The van der Waals surface area contributed by atoms with Gasteiger partial charge in [0.2, 0.25) is 5.91 Å². The first kappa shape index (κ1) is 23.4. The number of aryl methyl sites for hydroxylation is 1. The molecular formula is C27H27N3O3S. The highest BCUT2D eigenvalue weighted by Crippen LogP contribution is 2.35. The zero-order chi connectivity index (χ0) is 24.1. The van der Waals surface area contributed by atoms with E-state index < -0.39 is 0 Å². The van der Waals surface area contributed by atoms with Gasteiger partial charge in [0.15, 0.2) is 5.16 Å². The van der Waals surface area contributed by atoms with Gasteiger partial charge in [0.25, 0.3) is 0 Å². The van der Waals surface area contributed by atoms with Gasteiger partial charge in [-0.1, -0.05) is 30.0 Å². The van der Waals surface area contributed by atoms with E-state index in [2.05, 4.69) is 10.3 Å². The van der Waals surface area contributed by atoms with Crippen molar-refractivity contribution in [2.24, 2.45) is 0 Å². The van der Waals surface area contributed by atoms with E-state index in [0.29, 0.717) is 5.16 Å². The molecule has 1 amide bonds. The Hall–Kier alpha value is -3.71. The number of benzene rings is 3. The molecule has 34 heavy (non-hydrogen) atoms. The van der Waals surface area contributed by atoms with Crippen molar-refractivity contribution in [1.29, 1.82) is 0 Å². The number of methoxy groups -OCH3 is 2. The van der Waals surface area contributed by atoms with E-state index in [0.717, 1.165) is 45.3 Å². The van der Waals surface area contributed by atoms with E-state index in [1.165, 1.54) is 11.8 Å². The summed E-state index contributed by atoms with van der Waals surface area (Å²) in [5.74, 6) is 1.49. The molecule has 2 N–H and O–H groups in total. The Morgan fingerprint density at radius 1 is 0.912 bits per heavy atom. The summed E-state index contributed by atoms with van der Waals surface area (Å²) in [6.45, 7) is 3.85. The number of H-pyrrole nitrogens is 1. The minimum atomic E-state index is -0.349. The molecule has 0 aliphatic rings. The van der Waals surface area contributed by atoms with Crippen LogP contribution in [0.25, 0.3) is 22.5 Å². The van der Waals surface area contributed by atoms with Gasteiger partial charge in [-0.3, -0.25) is 4.79 Å². The molecule has 0 aliphatic carbocycles. The highest BCUT2D eigenvalue weighted by atomic mass is 32.2. The third kappa shape index (κ3) is 5.26. The summed E-state index contributed by atoms with van der Waals surface area (Å²) >= 11 is 1.39. The Balaban J connectivity index is 1.62. The number of aromatic nitrogens is 2. The lowest BCUT2D eigenvalue weighted by atomic mass is 10.0. The van der Waals surface area contributed by atoms with Crippen LogP contribution in [0.1, 0.15) is 12.5 Å². The van der Waals surface area contributed by atoms with Crippen molar-refractivity contribution in [2.45, 2.75) is 24.3 Å². The van der Waals surface area contributed by atoms with Crippen molar-refractivity contribution in [3.8, 4) is 34.0 Å². The van der Waals surface area contributed by atoms with Gasteiger partial charge in [0.05, 0.1) is 30.9 Å². The first-order valence-corrected chi connectivity index (χ1v) is 11.8. The highest BCUT2D eigenvalue weighted by Gasteiger charge is 2.20. The van der Waals surface area contributed by atoms with E-state index >= 15 is 0 Å². The molecule has 174 valence electrons. The molecular weight excluding hydrogens is 446 g/mol. The average molecular weight is 474 g/mol. The molecule has 4 rings (SSSR count). The molecule has 0 aliphatic heterocycles. The third-order valence-electron chi connectivity index (χ3n) is 5.48. The second-order valence-corrected chi connectivity index (χ2v) is 9.12. The number of rotatable bonds is 8. The maximum atomic E-state index is 12.8. The van der Waals surface area contributed by atoms with Gasteiger partial charge in [-0.2, -0.15) is 0 Å². The summed E-state index contributed by atoms with van der Waals surface area (Å²) < 4.78 is 10.6. The molecule has 0 fully saturated rings. The zero-order valence-electron chi connectivity index (χ0n) is 19.6. The molecule has 0 spiro atoms. The second-order valence-electron chi connectivity index (χ2n) is 7.79. The summed E-state index contributed by atoms with van der Waals surface area (Å²) in [5, 5.41) is 3.33. The zero-order valence-corrected chi connectivity index (χ0v) is 20.4. The van der Waals surface area contributed by atoms with Gasteiger partial charge in [0, 0.05) is 16.8 Å². The molecule has 1 aromatic heterocycles. The topological polar surface area (TPSA) is 76.2 Å². The number of imidazole rings is 1. The van der Waals surface area contributed by atoms with Crippen molar-refractivity contribution >= 4 is 23.4 Å². The fourth-order valence-corrected chi connectivity index (χ4v) is 4.31. The van der Waals surface area contributed by atoms with E-state index in [1.807, 2.05) is 86.6 Å². The number of amides is 1. The Labute approximate surface area is 203 Å². The summed E-state index contributed by atoms with van der Waals surface area (Å²) in [6.07, 6.45) is 0. The fraction of sp³-hybridized carbons (Fsp3) is 0.185. The molecule has 0 saturated heterocycles. The van der Waals surface area contributed by atoms with Crippen LogP contribution in [0, 0.1) is 6.92 Å². The standard InChI is InChI=1S/C27H27N3O3S/c1-17-7-5-6-8-23(17)28-26(31)18(2)34-27-29-24(19-9-13-21(32-3)14-10-19)25(30-27)20-11-15-22(33-4)16-12-20/h5-16,18H,1-4H3,(H,28,31)(H,29,30). The van der Waals surface area contributed by atoms with Crippen molar-refractivity contribution in [3.63, 3.8) is 0 Å². The Morgan fingerprint density at radius 3 is 2.09 bits per heavy atom. The number of anilines is 1. The maximum Gasteiger partial charge on any atom is 0.237 e. The number of carbonyl (C=O) groups is 1. The Morgan fingerprint density at radius 2 is 1.50 bits per heavy atom. The fourth-order valence-electron chi connectivity index (χ4n) is 3.50. The van der Waals surface area contributed by atoms with Gasteiger partial charge in [-0.15, -0.1) is 0 Å². The van der Waals surface area contributed by atoms with Crippen molar-refractivity contribution < 1.29 is 14.3 Å². The monoisotopic (exact) mass is 473 g/mol. The van der Waals surface area contributed by atoms with Gasteiger partial charge in [0.1, 0.15) is 11.5 Å². The van der Waals surface area contributed by atoms with Crippen LogP contribution >= 0.6 is 11.8 Å². The predicted octanol–water partition coefficient (Wildman–Crippen LogP) is 6.19. The number of nitrogens with one attached hydrogen (secondary N) is 2. The van der Waals surface area contributed by atoms with Gasteiger partial charge in [-0.25, -0.2) is 4.98 Å². The van der Waals surface area contributed by atoms with Crippen LogP contribution in [0.3, 0.4) is 0 Å². The molecule has 3 aromatic carbocycles. The molecule has 1 heterocycles. The van der Waals surface area contributed by atoms with Crippen LogP contribution in [-0.4, -0.2) is 35.3 Å². The molecule has 1 atom stereocenters. The van der Waals surface area contributed by atoms with E-state index in [-0.39, 0.29) is 11.2 Å². The summed E-state index contributed by atoms with van der Waals surface area (Å²) in [7, 11) is 3.29. The molecule has 0 radical (unpaired) electrons. The van der Waals surface area contributed by atoms with Crippen molar-refractivity contribution in [3.05, 3.63) is 78.4 Å². The quantitative estimate of drug-likeness (QED) is 0.299. The number of hydrogen-bond donors (Lipinski definition) is 2. The summed E-state index contributed by atoms with van der Waals surface area (Å²) in [4.78, 5) is 21.1. The first-order chi connectivity index (χ1) is 16.5. The number of nitrogens with zero attached hydrogens (tertiary/aromatic N) is 1. The smallest absolute Gasteiger partial charge is 0.237 e. The molecule has 0 bridgehead atoms. The minimum Gasteiger partial charge on any atom is -0.497 e. The first-order valence-electron chi connectivity index (χ1n) is 10.9. The van der Waals surface area contributed by atoms with Crippen molar-refractivity contribution in [1.82, 2.24) is 9.97 Å². The van der Waals surface area contributed by atoms with Crippen LogP contribution in [-0.2, 0) is 4.79 Å². The van der Waals surface area contributed by atoms with Gasteiger partial charge in [-0.05, 0) is 74.0 Å². The molecule has 0 saturated carbocycles. The molecule has 6 nitrogen and oxygen atoms in total. The van der Waals surface area contributed by atoms with Crippen LogP contribution in [0.2, 0.25) is 0 Å². The van der Waals surface area contributed by atoms with Crippen molar-refractivity contribution in [2.75, 3.05) is 19.5 Å². The number of carbonyl (C=O) groups excluding carboxylic acids is 1. The number of ether oxygens (including phenoxy) is 2. The minimum absolute atomic E-state index is 0.0762. The second kappa shape index (κ2) is 10.5. The van der Waals surface area contributed by atoms with E-state index in [1.54, 1.807) is 14.2 Å². The number of hydrogen-bond acceptors (Lipinski definition) is 5. The van der Waals surface area contributed by atoms with E-state index in [4.69, 9.17) is 14.5 Å². The van der Waals surface area contributed by atoms with Gasteiger partial charge >= 0.3 is 0 Å². The van der Waals surface area contributed by atoms with Gasteiger partial charge < -0.3 is 19.8 Å².